The van der Waals surface area contributed by atoms with Crippen LogP contribution >= 0.6 is 0 Å². The fourth-order valence-corrected chi connectivity index (χ4v) is 3.90. The van der Waals surface area contributed by atoms with Gasteiger partial charge in [-0.3, -0.25) is 14.4 Å². The molecule has 1 aromatic rings. The third kappa shape index (κ3) is 6.52. The van der Waals surface area contributed by atoms with E-state index in [2.05, 4.69) is 0 Å². The van der Waals surface area contributed by atoms with Crippen molar-refractivity contribution >= 4 is 17.7 Å². The Kier molecular flexibility index (Phi) is 11.0. The van der Waals surface area contributed by atoms with E-state index in [4.69, 9.17) is 0 Å². The highest BCUT2D eigenvalue weighted by molar-refractivity contribution is 5.87. The molecule has 0 aliphatic carbocycles. The van der Waals surface area contributed by atoms with E-state index in [1.54, 1.807) is 14.7 Å². The van der Waals surface area contributed by atoms with Crippen LogP contribution in [0.25, 0.3) is 0 Å². The summed E-state index contributed by atoms with van der Waals surface area (Å²) in [6.07, 6.45) is -0.963. The summed E-state index contributed by atoms with van der Waals surface area (Å²) in [6.45, 7) is 13.6. The molecule has 0 heterocycles. The zero-order valence-electron chi connectivity index (χ0n) is 20.8. The number of nitrogens with zero attached hydrogens (tertiary/aromatic N) is 3. The number of carbonyl (C=O) groups excluding carboxylic acids is 3. The first-order valence-electron chi connectivity index (χ1n) is 11.7. The molecule has 0 aliphatic rings. The van der Waals surface area contributed by atoms with E-state index in [0.717, 1.165) is 0 Å². The molecule has 0 spiro atoms. The largest absolute Gasteiger partial charge is 0.507 e. The van der Waals surface area contributed by atoms with Crippen LogP contribution in [0.4, 0.5) is 0 Å². The molecule has 9 heteroatoms. The first-order chi connectivity index (χ1) is 15.6. The summed E-state index contributed by atoms with van der Waals surface area (Å²) in [6, 6.07) is 0. The molecule has 3 N–H and O–H groups in total. The van der Waals surface area contributed by atoms with E-state index >= 15 is 0 Å². The molecule has 0 saturated carbocycles. The minimum Gasteiger partial charge on any atom is -0.507 e. The molecule has 0 aliphatic heterocycles. The topological polar surface area (TPSA) is 122 Å². The lowest BCUT2D eigenvalue weighted by molar-refractivity contribution is -0.130. The van der Waals surface area contributed by atoms with Crippen molar-refractivity contribution in [3.63, 3.8) is 0 Å². The van der Waals surface area contributed by atoms with Crippen LogP contribution in [0, 0.1) is 0 Å². The lowest BCUT2D eigenvalue weighted by Gasteiger charge is -2.24. The predicted octanol–water partition coefficient (Wildman–Crippen LogP) is 2.04. The zero-order valence-corrected chi connectivity index (χ0v) is 20.8. The first-order valence-corrected chi connectivity index (χ1v) is 11.7. The number of likely N-dealkylation sites (N-methyl/N-ethyl adjacent to an activating group) is 3. The van der Waals surface area contributed by atoms with Crippen molar-refractivity contribution in [1.82, 2.24) is 14.7 Å². The van der Waals surface area contributed by atoms with Gasteiger partial charge in [0, 0.05) is 56.0 Å². The number of benzene rings is 1. The van der Waals surface area contributed by atoms with Gasteiger partial charge in [0.05, 0.1) is 19.3 Å². The number of carbonyl (C=O) groups is 3. The molecular weight excluding hydrogens is 426 g/mol. The molecular formula is C24H39N3O6. The summed E-state index contributed by atoms with van der Waals surface area (Å²) >= 11 is 0. The van der Waals surface area contributed by atoms with Crippen molar-refractivity contribution in [2.24, 2.45) is 0 Å². The standard InChI is InChI=1S/C24H39N3O6/c1-7-25(8-2)19(28)13-16-22(31)17(14-20(29)26(9-3)10-4)24(33)18(23(16)32)15-21(30)27(11-5)12-6/h31-33H,7-15H2,1-6H3. The normalized spacial score (nSPS) is 10.7. The molecule has 0 atom stereocenters. The number of hydrogen-bond acceptors (Lipinski definition) is 6. The van der Waals surface area contributed by atoms with Crippen LogP contribution in [0.3, 0.4) is 0 Å². The molecule has 0 unspecified atom stereocenters. The average molecular weight is 466 g/mol. The van der Waals surface area contributed by atoms with E-state index in [0.29, 0.717) is 39.3 Å². The molecule has 0 fully saturated rings. The van der Waals surface area contributed by atoms with E-state index in [9.17, 15) is 29.7 Å². The van der Waals surface area contributed by atoms with Gasteiger partial charge in [0.15, 0.2) is 0 Å². The van der Waals surface area contributed by atoms with Gasteiger partial charge in [0.2, 0.25) is 17.7 Å². The third-order valence-corrected chi connectivity index (χ3v) is 6.05. The van der Waals surface area contributed by atoms with Crippen LogP contribution in [0.2, 0.25) is 0 Å². The quantitative estimate of drug-likeness (QED) is 0.434. The Morgan fingerprint density at radius 2 is 0.667 bits per heavy atom. The van der Waals surface area contributed by atoms with E-state index in [1.165, 1.54) is 0 Å². The number of phenolic OH excluding ortho intramolecular Hbond substituents is 3. The van der Waals surface area contributed by atoms with Crippen molar-refractivity contribution in [2.45, 2.75) is 60.8 Å². The smallest absolute Gasteiger partial charge is 0.227 e. The van der Waals surface area contributed by atoms with Crippen molar-refractivity contribution in [3.8, 4) is 17.2 Å². The molecule has 33 heavy (non-hydrogen) atoms. The monoisotopic (exact) mass is 465 g/mol. The van der Waals surface area contributed by atoms with Gasteiger partial charge in [-0.1, -0.05) is 0 Å². The molecule has 0 aromatic heterocycles. The van der Waals surface area contributed by atoms with Crippen molar-refractivity contribution in [1.29, 1.82) is 0 Å². The van der Waals surface area contributed by atoms with Gasteiger partial charge in [-0.25, -0.2) is 0 Å². The van der Waals surface area contributed by atoms with Gasteiger partial charge in [0.25, 0.3) is 0 Å². The summed E-state index contributed by atoms with van der Waals surface area (Å²) in [7, 11) is 0. The first kappa shape index (κ1) is 28.1. The van der Waals surface area contributed by atoms with Crippen LogP contribution in [0.15, 0.2) is 0 Å². The molecule has 186 valence electrons. The number of hydrogen-bond donors (Lipinski definition) is 3. The second-order valence-electron chi connectivity index (χ2n) is 7.71. The number of phenols is 3. The summed E-state index contributed by atoms with van der Waals surface area (Å²) in [5, 5.41) is 32.7. The fourth-order valence-electron chi connectivity index (χ4n) is 3.90. The van der Waals surface area contributed by atoms with Crippen LogP contribution in [-0.4, -0.2) is 87.0 Å². The minimum absolute atomic E-state index is 0.0885. The fraction of sp³-hybridized carbons (Fsp3) is 0.625. The van der Waals surface area contributed by atoms with Gasteiger partial charge in [-0.15, -0.1) is 0 Å². The number of rotatable bonds is 12. The molecule has 1 aromatic carbocycles. The molecule has 0 bridgehead atoms. The van der Waals surface area contributed by atoms with Gasteiger partial charge < -0.3 is 30.0 Å². The van der Waals surface area contributed by atoms with Crippen molar-refractivity contribution in [2.75, 3.05) is 39.3 Å². The van der Waals surface area contributed by atoms with E-state index in [-0.39, 0.29) is 53.7 Å². The zero-order chi connectivity index (χ0) is 25.3. The molecule has 1 rings (SSSR count). The SMILES string of the molecule is CCN(CC)C(=O)Cc1c(O)c(CC(=O)N(CC)CC)c(O)c(CC(=O)N(CC)CC)c1O. The maximum Gasteiger partial charge on any atom is 0.227 e. The lowest BCUT2D eigenvalue weighted by atomic mass is 9.94. The predicted molar refractivity (Wildman–Crippen MR) is 126 cm³/mol. The number of amides is 3. The second-order valence-corrected chi connectivity index (χ2v) is 7.71. The Labute approximate surface area is 196 Å². The van der Waals surface area contributed by atoms with Crippen LogP contribution in [0.5, 0.6) is 17.2 Å². The molecule has 3 amide bonds. The highest BCUT2D eigenvalue weighted by Gasteiger charge is 2.29. The van der Waals surface area contributed by atoms with Crippen LogP contribution in [-0.2, 0) is 33.6 Å². The molecule has 0 saturated heterocycles. The summed E-state index contributed by atoms with van der Waals surface area (Å²) < 4.78 is 0. The molecule has 0 radical (unpaired) electrons. The Morgan fingerprint density at radius 1 is 0.485 bits per heavy atom. The van der Waals surface area contributed by atoms with Crippen LogP contribution < -0.4 is 0 Å². The highest BCUT2D eigenvalue weighted by atomic mass is 16.3. The van der Waals surface area contributed by atoms with E-state index in [1.807, 2.05) is 41.5 Å². The maximum atomic E-state index is 12.7. The minimum atomic E-state index is -0.495. The van der Waals surface area contributed by atoms with Gasteiger partial charge >= 0.3 is 0 Å². The second kappa shape index (κ2) is 12.9. The Bertz CT molecular complexity index is 713. The molecule has 9 nitrogen and oxygen atoms in total. The van der Waals surface area contributed by atoms with Crippen molar-refractivity contribution < 1.29 is 29.7 Å². The number of aromatic hydroxyl groups is 3. The Hall–Kier alpha value is -2.97. The maximum absolute atomic E-state index is 12.7. The Balaban J connectivity index is 3.61. The van der Waals surface area contributed by atoms with Crippen molar-refractivity contribution in [3.05, 3.63) is 16.7 Å². The van der Waals surface area contributed by atoms with Crippen LogP contribution in [0.1, 0.15) is 58.2 Å². The van der Waals surface area contributed by atoms with Gasteiger partial charge in [-0.05, 0) is 41.5 Å². The van der Waals surface area contributed by atoms with Gasteiger partial charge in [0.1, 0.15) is 17.2 Å². The average Bonchev–Trinajstić information content (AvgIpc) is 2.79. The summed E-state index contributed by atoms with van der Waals surface area (Å²) in [5.41, 5.74) is -0.266. The summed E-state index contributed by atoms with van der Waals surface area (Å²) in [5.74, 6) is -2.45. The van der Waals surface area contributed by atoms with E-state index < -0.39 is 17.2 Å². The highest BCUT2D eigenvalue weighted by Crippen LogP contribution is 2.43. The van der Waals surface area contributed by atoms with Gasteiger partial charge in [-0.2, -0.15) is 0 Å². The Morgan fingerprint density at radius 3 is 0.818 bits per heavy atom. The lowest BCUT2D eigenvalue weighted by Crippen LogP contribution is -2.33. The summed E-state index contributed by atoms with van der Waals surface area (Å²) in [4.78, 5) is 42.8. The third-order valence-electron chi connectivity index (χ3n) is 6.05.